The van der Waals surface area contributed by atoms with E-state index in [0.717, 1.165) is 35.9 Å². The van der Waals surface area contributed by atoms with Gasteiger partial charge in [-0.3, -0.25) is 0 Å². The molecule has 1 spiro atoms. The molecule has 0 saturated heterocycles. The number of aryl methyl sites for hydroxylation is 1. The van der Waals surface area contributed by atoms with Crippen LogP contribution in [0.1, 0.15) is 50.0 Å². The van der Waals surface area contributed by atoms with E-state index < -0.39 is 0 Å². The topological polar surface area (TPSA) is 56.5 Å². The minimum Gasteiger partial charge on any atom is -0.310 e. The lowest BCUT2D eigenvalue weighted by atomic mass is 9.79. The number of nitrogens with zero attached hydrogens (tertiary/aromatic N) is 5. The first-order valence-electron chi connectivity index (χ1n) is 7.97. The maximum Gasteiger partial charge on any atom is 0.167 e. The Morgan fingerprint density at radius 3 is 2.67 bits per heavy atom. The monoisotopic (exact) mass is 283 g/mol. The first-order chi connectivity index (χ1) is 10.3. The molecule has 3 heterocycles. The fourth-order valence-electron chi connectivity index (χ4n) is 3.98. The van der Waals surface area contributed by atoms with Crippen LogP contribution in [0.25, 0.3) is 11.4 Å². The van der Waals surface area contributed by atoms with Gasteiger partial charge in [0.25, 0.3) is 0 Å². The molecule has 0 amide bonds. The summed E-state index contributed by atoms with van der Waals surface area (Å²) in [6.45, 7) is 3.08. The van der Waals surface area contributed by atoms with Crippen molar-refractivity contribution in [3.05, 3.63) is 24.0 Å². The molecule has 0 aromatic carbocycles. The van der Waals surface area contributed by atoms with Crippen LogP contribution in [0.4, 0.5) is 0 Å². The zero-order valence-electron chi connectivity index (χ0n) is 12.5. The Labute approximate surface area is 124 Å². The van der Waals surface area contributed by atoms with Crippen molar-refractivity contribution >= 4 is 0 Å². The predicted molar refractivity (Wildman–Crippen MR) is 79.6 cm³/mol. The summed E-state index contributed by atoms with van der Waals surface area (Å²) in [7, 11) is 0. The summed E-state index contributed by atoms with van der Waals surface area (Å²) >= 11 is 0. The van der Waals surface area contributed by atoms with Crippen LogP contribution >= 0.6 is 0 Å². The Balaban J connectivity index is 1.70. The molecule has 0 atom stereocenters. The standard InChI is InChI=1S/C16H21N5/c1-12-13(9-17-11-18-12)15-20-19-14-8-16(10-21(14)15)6-4-2-3-5-7-16/h9,11H,2-8,10H2,1H3. The second kappa shape index (κ2) is 4.90. The lowest BCUT2D eigenvalue weighted by Crippen LogP contribution is -2.22. The van der Waals surface area contributed by atoms with Crippen LogP contribution in [-0.4, -0.2) is 24.7 Å². The molecule has 0 unspecified atom stereocenters. The zero-order chi connectivity index (χ0) is 14.3. The second-order valence-corrected chi connectivity index (χ2v) is 6.64. The van der Waals surface area contributed by atoms with Crippen molar-refractivity contribution in [3.63, 3.8) is 0 Å². The van der Waals surface area contributed by atoms with Gasteiger partial charge in [-0.25, -0.2) is 9.97 Å². The normalized spacial score (nSPS) is 20.4. The highest BCUT2D eigenvalue weighted by Crippen LogP contribution is 2.44. The lowest BCUT2D eigenvalue weighted by molar-refractivity contribution is 0.238. The van der Waals surface area contributed by atoms with Crippen molar-refractivity contribution in [2.24, 2.45) is 5.41 Å². The van der Waals surface area contributed by atoms with Crippen LogP contribution < -0.4 is 0 Å². The number of fused-ring (bicyclic) bond motifs is 1. The van der Waals surface area contributed by atoms with Crippen LogP contribution in [0.2, 0.25) is 0 Å². The summed E-state index contributed by atoms with van der Waals surface area (Å²) in [6.07, 6.45) is 12.7. The van der Waals surface area contributed by atoms with Crippen molar-refractivity contribution in [1.82, 2.24) is 24.7 Å². The van der Waals surface area contributed by atoms with Crippen LogP contribution in [0.5, 0.6) is 0 Å². The van der Waals surface area contributed by atoms with Gasteiger partial charge < -0.3 is 4.57 Å². The SMILES string of the molecule is Cc1ncncc1-c1nnc2n1CC1(CCCCCC1)C2. The molecule has 0 bridgehead atoms. The Hall–Kier alpha value is -1.78. The molecular formula is C16H21N5. The van der Waals surface area contributed by atoms with E-state index in [1.165, 1.54) is 38.5 Å². The number of hydrogen-bond acceptors (Lipinski definition) is 4. The third-order valence-electron chi connectivity index (χ3n) is 5.17. The molecule has 1 fully saturated rings. The summed E-state index contributed by atoms with van der Waals surface area (Å²) in [4.78, 5) is 8.44. The van der Waals surface area contributed by atoms with E-state index in [1.807, 2.05) is 13.1 Å². The number of hydrogen-bond donors (Lipinski definition) is 0. The van der Waals surface area contributed by atoms with E-state index in [0.29, 0.717) is 5.41 Å². The maximum absolute atomic E-state index is 4.45. The summed E-state index contributed by atoms with van der Waals surface area (Å²) in [5, 5.41) is 8.86. The van der Waals surface area contributed by atoms with Crippen LogP contribution in [-0.2, 0) is 13.0 Å². The molecule has 0 radical (unpaired) electrons. The minimum absolute atomic E-state index is 0.431. The summed E-state index contributed by atoms with van der Waals surface area (Å²) < 4.78 is 2.32. The molecule has 1 aliphatic carbocycles. The van der Waals surface area contributed by atoms with E-state index in [1.54, 1.807) is 6.33 Å². The molecule has 21 heavy (non-hydrogen) atoms. The fraction of sp³-hybridized carbons (Fsp3) is 0.625. The Bertz CT molecular complexity index is 652. The third kappa shape index (κ3) is 2.15. The van der Waals surface area contributed by atoms with E-state index in [9.17, 15) is 0 Å². The van der Waals surface area contributed by atoms with E-state index >= 15 is 0 Å². The highest BCUT2D eigenvalue weighted by atomic mass is 15.3. The van der Waals surface area contributed by atoms with E-state index in [4.69, 9.17) is 0 Å². The fourth-order valence-corrected chi connectivity index (χ4v) is 3.98. The first-order valence-corrected chi connectivity index (χ1v) is 7.97. The van der Waals surface area contributed by atoms with Gasteiger partial charge in [0, 0.05) is 19.2 Å². The van der Waals surface area contributed by atoms with Gasteiger partial charge >= 0.3 is 0 Å². The van der Waals surface area contributed by atoms with Gasteiger partial charge in [0.15, 0.2) is 5.82 Å². The number of rotatable bonds is 1. The Kier molecular flexibility index (Phi) is 3.01. The quantitative estimate of drug-likeness (QED) is 0.807. The summed E-state index contributed by atoms with van der Waals surface area (Å²) in [5.41, 5.74) is 2.42. The molecule has 5 heteroatoms. The van der Waals surface area contributed by atoms with Crippen molar-refractivity contribution in [1.29, 1.82) is 0 Å². The van der Waals surface area contributed by atoms with Gasteiger partial charge in [-0.15, -0.1) is 10.2 Å². The van der Waals surface area contributed by atoms with Crippen molar-refractivity contribution in [2.45, 2.75) is 58.4 Å². The van der Waals surface area contributed by atoms with Crippen molar-refractivity contribution in [3.8, 4) is 11.4 Å². The Morgan fingerprint density at radius 1 is 1.10 bits per heavy atom. The smallest absolute Gasteiger partial charge is 0.167 e. The van der Waals surface area contributed by atoms with Gasteiger partial charge in [0.05, 0.1) is 11.3 Å². The van der Waals surface area contributed by atoms with Crippen molar-refractivity contribution < 1.29 is 0 Å². The summed E-state index contributed by atoms with van der Waals surface area (Å²) in [5.74, 6) is 2.10. The van der Waals surface area contributed by atoms with Gasteiger partial charge in [-0.2, -0.15) is 0 Å². The average Bonchev–Trinajstić information content (AvgIpc) is 2.91. The molecule has 110 valence electrons. The van der Waals surface area contributed by atoms with Crippen LogP contribution in [0, 0.1) is 12.3 Å². The van der Waals surface area contributed by atoms with Crippen LogP contribution in [0.15, 0.2) is 12.5 Å². The highest BCUT2D eigenvalue weighted by molar-refractivity contribution is 5.57. The number of aromatic nitrogens is 5. The average molecular weight is 283 g/mol. The minimum atomic E-state index is 0.431. The van der Waals surface area contributed by atoms with Gasteiger partial charge in [0.1, 0.15) is 12.2 Å². The van der Waals surface area contributed by atoms with Crippen molar-refractivity contribution in [2.75, 3.05) is 0 Å². The maximum atomic E-state index is 4.45. The highest BCUT2D eigenvalue weighted by Gasteiger charge is 2.40. The van der Waals surface area contributed by atoms with E-state index in [-0.39, 0.29) is 0 Å². The molecule has 0 N–H and O–H groups in total. The molecule has 1 saturated carbocycles. The molecule has 1 aliphatic heterocycles. The largest absolute Gasteiger partial charge is 0.310 e. The first kappa shape index (κ1) is 12.9. The molecule has 4 rings (SSSR count). The molecule has 2 aliphatic rings. The molecular weight excluding hydrogens is 262 g/mol. The molecule has 2 aromatic rings. The lowest BCUT2D eigenvalue weighted by Gasteiger charge is -2.26. The second-order valence-electron chi connectivity index (χ2n) is 6.64. The molecule has 2 aromatic heterocycles. The van der Waals surface area contributed by atoms with Gasteiger partial charge in [-0.05, 0) is 25.2 Å². The van der Waals surface area contributed by atoms with Gasteiger partial charge in [0.2, 0.25) is 0 Å². The van der Waals surface area contributed by atoms with Gasteiger partial charge in [-0.1, -0.05) is 25.7 Å². The van der Waals surface area contributed by atoms with Crippen LogP contribution in [0.3, 0.4) is 0 Å². The Morgan fingerprint density at radius 2 is 1.90 bits per heavy atom. The third-order valence-corrected chi connectivity index (χ3v) is 5.17. The predicted octanol–water partition coefficient (Wildman–Crippen LogP) is 2.94. The van der Waals surface area contributed by atoms with E-state index in [2.05, 4.69) is 24.7 Å². The zero-order valence-corrected chi connectivity index (χ0v) is 12.5. The summed E-state index contributed by atoms with van der Waals surface area (Å²) in [6, 6.07) is 0. The molecule has 5 nitrogen and oxygen atoms in total.